The molecule has 2 aromatic heterocycles. The Morgan fingerprint density at radius 2 is 1.85 bits per heavy atom. The molecule has 0 N–H and O–H groups in total. The van der Waals surface area contributed by atoms with Crippen LogP contribution in [0, 0.1) is 30.0 Å². The van der Waals surface area contributed by atoms with E-state index in [-0.39, 0.29) is 11.5 Å². The van der Waals surface area contributed by atoms with Gasteiger partial charge in [0.2, 0.25) is 5.69 Å². The fourth-order valence-corrected chi connectivity index (χ4v) is 4.56. The van der Waals surface area contributed by atoms with Gasteiger partial charge in [-0.2, -0.15) is 5.26 Å². The van der Waals surface area contributed by atoms with Crippen molar-refractivity contribution in [1.82, 2.24) is 0 Å². The molecule has 168 valence electrons. The maximum atomic E-state index is 15.3. The molecule has 34 heavy (non-hydrogen) atoms. The van der Waals surface area contributed by atoms with Crippen LogP contribution in [0.3, 0.4) is 0 Å². The molecule has 2 heterocycles. The van der Waals surface area contributed by atoms with Crippen LogP contribution in [0.4, 0.5) is 4.39 Å². The van der Waals surface area contributed by atoms with E-state index in [9.17, 15) is 5.26 Å². The second-order valence-corrected chi connectivity index (χ2v) is 8.94. The predicted octanol–water partition coefficient (Wildman–Crippen LogP) is 7.26. The normalized spacial score (nSPS) is 12.7. The highest BCUT2D eigenvalue weighted by Gasteiger charge is 2.24. The minimum absolute atomic E-state index is 0.0254. The van der Waals surface area contributed by atoms with Crippen molar-refractivity contribution in [2.24, 2.45) is 13.0 Å². The van der Waals surface area contributed by atoms with E-state index >= 15 is 4.39 Å². The van der Waals surface area contributed by atoms with Gasteiger partial charge in [-0.1, -0.05) is 56.3 Å². The van der Waals surface area contributed by atoms with E-state index in [1.165, 1.54) is 12.3 Å². The summed E-state index contributed by atoms with van der Waals surface area (Å²) in [5.74, 6) is -0.986. The number of pyridine rings is 1. The van der Waals surface area contributed by atoms with Crippen molar-refractivity contribution in [2.75, 3.05) is 0 Å². The average Bonchev–Trinajstić information content (AvgIpc) is 3.23. The number of aryl methyl sites for hydroxylation is 2. The number of furan rings is 1. The Morgan fingerprint density at radius 1 is 1.09 bits per heavy atom. The van der Waals surface area contributed by atoms with Crippen molar-refractivity contribution in [1.29, 1.82) is 5.26 Å². The summed E-state index contributed by atoms with van der Waals surface area (Å²) in [6.45, 7) is 5.41. The Bertz CT molecular complexity index is 1680. The third-order valence-electron chi connectivity index (χ3n) is 6.10. The third-order valence-corrected chi connectivity index (χ3v) is 6.10. The lowest BCUT2D eigenvalue weighted by atomic mass is 9.96. The van der Waals surface area contributed by atoms with Gasteiger partial charge in [0, 0.05) is 19.6 Å². The fourth-order valence-electron chi connectivity index (χ4n) is 4.56. The van der Waals surface area contributed by atoms with Crippen LogP contribution in [0.25, 0.3) is 44.3 Å². The Morgan fingerprint density at radius 3 is 2.56 bits per heavy atom. The standard InChI is InChI=1S/C30H26FN2O/c1-18(2)12-23-17-33(4)26(15-25(23)31)28-19(3)10-11-24-29-22(16-32)13-21(14-27(29)34-30(24)28)20-8-6-5-7-9-20/h5-11,13-15,17-18H,12H2,1-4H3/q+1/i12D2. The maximum Gasteiger partial charge on any atom is 0.219 e. The minimum atomic E-state index is -1.81. The number of aromatic nitrogens is 1. The van der Waals surface area contributed by atoms with Gasteiger partial charge >= 0.3 is 0 Å². The zero-order chi connectivity index (χ0) is 25.8. The van der Waals surface area contributed by atoms with Gasteiger partial charge in [-0.05, 0) is 48.0 Å². The van der Waals surface area contributed by atoms with Crippen molar-refractivity contribution in [3.05, 3.63) is 89.4 Å². The summed E-state index contributed by atoms with van der Waals surface area (Å²) >= 11 is 0. The van der Waals surface area contributed by atoms with Crippen LogP contribution in [0.15, 0.2) is 71.3 Å². The maximum absolute atomic E-state index is 15.3. The number of hydrogen-bond acceptors (Lipinski definition) is 2. The van der Waals surface area contributed by atoms with Crippen molar-refractivity contribution in [3.63, 3.8) is 0 Å². The highest BCUT2D eigenvalue weighted by Crippen LogP contribution is 2.40. The molecular weight excluding hydrogens is 423 g/mol. The largest absolute Gasteiger partial charge is 0.455 e. The molecular formula is C30H26FN2O+. The zero-order valence-electron chi connectivity index (χ0n) is 21.6. The van der Waals surface area contributed by atoms with Gasteiger partial charge in [-0.3, -0.25) is 0 Å². The first-order valence-electron chi connectivity index (χ1n) is 12.3. The summed E-state index contributed by atoms with van der Waals surface area (Å²) in [6, 6.07) is 21.2. The smallest absolute Gasteiger partial charge is 0.219 e. The van der Waals surface area contributed by atoms with Crippen molar-refractivity contribution < 1.29 is 16.1 Å². The fraction of sp³-hybridized carbons (Fsp3) is 0.200. The van der Waals surface area contributed by atoms with E-state index in [0.29, 0.717) is 28.0 Å². The highest BCUT2D eigenvalue weighted by atomic mass is 19.1. The molecule has 0 radical (unpaired) electrons. The van der Waals surface area contributed by atoms with Crippen LogP contribution in [0.1, 0.15) is 33.3 Å². The van der Waals surface area contributed by atoms with Gasteiger partial charge in [-0.15, -0.1) is 0 Å². The lowest BCUT2D eigenvalue weighted by molar-refractivity contribution is -0.661. The van der Waals surface area contributed by atoms with Crippen LogP contribution in [0.5, 0.6) is 0 Å². The highest BCUT2D eigenvalue weighted by molar-refractivity contribution is 6.12. The second kappa shape index (κ2) is 8.43. The van der Waals surface area contributed by atoms with Gasteiger partial charge in [0.15, 0.2) is 6.20 Å². The first-order chi connectivity index (χ1) is 17.1. The molecule has 0 amide bonds. The first kappa shape index (κ1) is 19.5. The van der Waals surface area contributed by atoms with Gasteiger partial charge in [0.05, 0.1) is 22.8 Å². The number of nitrogens with zero attached hydrogens (tertiary/aromatic N) is 2. The molecule has 0 fully saturated rings. The zero-order valence-corrected chi connectivity index (χ0v) is 19.6. The second-order valence-electron chi connectivity index (χ2n) is 8.94. The van der Waals surface area contributed by atoms with E-state index in [1.807, 2.05) is 61.5 Å². The van der Waals surface area contributed by atoms with Crippen molar-refractivity contribution in [3.8, 4) is 28.5 Å². The van der Waals surface area contributed by atoms with E-state index in [2.05, 4.69) is 6.07 Å². The molecule has 0 unspecified atom stereocenters. The van der Waals surface area contributed by atoms with Crippen LogP contribution >= 0.6 is 0 Å². The lowest BCUT2D eigenvalue weighted by Crippen LogP contribution is -2.32. The molecule has 0 spiro atoms. The SMILES string of the molecule is [2H]C([2H])(c1c[n+](C)c(-c2c(C)ccc3c2oc2cc(-c4ccccc4)cc(C#N)c23)cc1F)C(C)C. The molecule has 5 aromatic rings. The third kappa shape index (κ3) is 3.64. The molecule has 5 rings (SSSR count). The molecule has 0 aliphatic carbocycles. The van der Waals surface area contributed by atoms with E-state index in [0.717, 1.165) is 27.5 Å². The van der Waals surface area contributed by atoms with Crippen molar-refractivity contribution >= 4 is 21.9 Å². The summed E-state index contributed by atoms with van der Waals surface area (Å²) in [6.07, 6.45) is -0.282. The topological polar surface area (TPSA) is 40.8 Å². The summed E-state index contributed by atoms with van der Waals surface area (Å²) in [4.78, 5) is 0. The molecule has 4 heteroatoms. The van der Waals surface area contributed by atoms with Crippen LogP contribution < -0.4 is 4.57 Å². The Kier molecular flexibility index (Phi) is 4.83. The van der Waals surface area contributed by atoms with Crippen LogP contribution in [-0.2, 0) is 13.4 Å². The molecule has 3 nitrogen and oxygen atoms in total. The predicted molar refractivity (Wildman–Crippen MR) is 134 cm³/mol. The quantitative estimate of drug-likeness (QED) is 0.270. The Labute approximate surface area is 201 Å². The minimum Gasteiger partial charge on any atom is -0.455 e. The molecule has 0 saturated heterocycles. The number of nitriles is 1. The summed E-state index contributed by atoms with van der Waals surface area (Å²) < 4.78 is 40.2. The first-order valence-corrected chi connectivity index (χ1v) is 11.3. The Balaban J connectivity index is 1.79. The molecule has 0 saturated carbocycles. The van der Waals surface area contributed by atoms with Crippen molar-refractivity contribution in [2.45, 2.75) is 27.1 Å². The van der Waals surface area contributed by atoms with E-state index in [1.54, 1.807) is 25.5 Å². The monoisotopic (exact) mass is 451 g/mol. The van der Waals surface area contributed by atoms with Gasteiger partial charge in [0.1, 0.15) is 24.0 Å². The number of halogens is 1. The average molecular weight is 452 g/mol. The van der Waals surface area contributed by atoms with Gasteiger partial charge in [-0.25, -0.2) is 8.96 Å². The molecule has 3 aromatic carbocycles. The van der Waals surface area contributed by atoms with Gasteiger partial charge < -0.3 is 4.42 Å². The van der Waals surface area contributed by atoms with Crippen LogP contribution in [-0.4, -0.2) is 0 Å². The Hall–Kier alpha value is -3.97. The summed E-state index contributed by atoms with van der Waals surface area (Å²) in [7, 11) is 1.78. The molecule has 0 atom stereocenters. The van der Waals surface area contributed by atoms with E-state index in [4.69, 9.17) is 7.16 Å². The van der Waals surface area contributed by atoms with Crippen LogP contribution in [0.2, 0.25) is 0 Å². The number of hydrogen-bond donors (Lipinski definition) is 0. The lowest BCUT2D eigenvalue weighted by Gasteiger charge is -2.09. The van der Waals surface area contributed by atoms with E-state index < -0.39 is 12.2 Å². The van der Waals surface area contributed by atoms with Gasteiger partial charge in [0.25, 0.3) is 0 Å². The summed E-state index contributed by atoms with van der Waals surface area (Å²) in [5.41, 5.74) is 5.73. The molecule has 0 aliphatic heterocycles. The summed E-state index contributed by atoms with van der Waals surface area (Å²) in [5, 5.41) is 11.5. The number of fused-ring (bicyclic) bond motifs is 3. The number of rotatable bonds is 4. The molecule has 0 bridgehead atoms. The molecule has 0 aliphatic rings. The number of benzene rings is 3.